The molecule has 0 saturated heterocycles. The third kappa shape index (κ3) is 4.89. The van der Waals surface area contributed by atoms with Gasteiger partial charge < -0.3 is 19.3 Å². The predicted octanol–water partition coefficient (Wildman–Crippen LogP) is 2.71. The van der Waals surface area contributed by atoms with E-state index in [0.717, 1.165) is 10.6 Å². The van der Waals surface area contributed by atoms with Crippen molar-refractivity contribution in [2.75, 3.05) is 37.9 Å². The maximum atomic E-state index is 12.5. The van der Waals surface area contributed by atoms with Crippen molar-refractivity contribution in [3.8, 4) is 11.5 Å². The number of hydrogen-bond acceptors (Lipinski definition) is 9. The lowest BCUT2D eigenvalue weighted by Gasteiger charge is -2.25. The van der Waals surface area contributed by atoms with Crippen molar-refractivity contribution in [2.24, 2.45) is 0 Å². The lowest BCUT2D eigenvalue weighted by molar-refractivity contribution is -0.117. The number of thiazole rings is 1. The lowest BCUT2D eigenvalue weighted by Crippen LogP contribution is -2.36. The molecule has 32 heavy (non-hydrogen) atoms. The minimum absolute atomic E-state index is 0.125. The first-order valence-electron chi connectivity index (χ1n) is 9.92. The van der Waals surface area contributed by atoms with E-state index in [9.17, 15) is 9.59 Å². The molecular formula is C21H23N5O5S. The third-order valence-corrected chi connectivity index (χ3v) is 5.92. The molecule has 1 aliphatic heterocycles. The fourth-order valence-electron chi connectivity index (χ4n) is 3.39. The van der Waals surface area contributed by atoms with Crippen LogP contribution in [-0.2, 0) is 17.8 Å². The van der Waals surface area contributed by atoms with E-state index in [4.69, 9.17) is 14.0 Å². The second kappa shape index (κ2) is 9.37. The Labute approximate surface area is 188 Å². The van der Waals surface area contributed by atoms with Gasteiger partial charge in [-0.2, -0.15) is 0 Å². The highest BCUT2D eigenvalue weighted by molar-refractivity contribution is 7.15. The van der Waals surface area contributed by atoms with Crippen LogP contribution >= 0.6 is 11.3 Å². The Bertz CT molecular complexity index is 1140. The number of benzene rings is 1. The van der Waals surface area contributed by atoms with Crippen LogP contribution in [0.15, 0.2) is 28.8 Å². The van der Waals surface area contributed by atoms with Crippen LogP contribution in [0, 0.1) is 6.92 Å². The first kappa shape index (κ1) is 21.8. The summed E-state index contributed by atoms with van der Waals surface area (Å²) >= 11 is 1.40. The molecule has 0 aliphatic carbocycles. The summed E-state index contributed by atoms with van der Waals surface area (Å²) in [6, 6.07) is 6.80. The smallest absolute Gasteiger partial charge is 0.279 e. The molecule has 3 aromatic rings. The summed E-state index contributed by atoms with van der Waals surface area (Å²) < 4.78 is 15.4. The van der Waals surface area contributed by atoms with Gasteiger partial charge in [0.15, 0.2) is 22.3 Å². The minimum Gasteiger partial charge on any atom is -0.493 e. The molecule has 168 valence electrons. The molecule has 0 fully saturated rings. The quantitative estimate of drug-likeness (QED) is 0.556. The number of rotatable bonds is 7. The van der Waals surface area contributed by atoms with Gasteiger partial charge in [0.2, 0.25) is 5.91 Å². The molecule has 3 heterocycles. The van der Waals surface area contributed by atoms with E-state index < -0.39 is 0 Å². The molecule has 0 unspecified atom stereocenters. The Hall–Kier alpha value is -3.44. The fraction of sp³-hybridized carbons (Fsp3) is 0.333. The number of carbonyl (C=O) groups excluding carboxylic acids is 2. The van der Waals surface area contributed by atoms with Gasteiger partial charge in [-0.25, -0.2) is 4.98 Å². The topological polar surface area (TPSA) is 119 Å². The maximum absolute atomic E-state index is 12.5. The van der Waals surface area contributed by atoms with Crippen molar-refractivity contribution < 1.29 is 23.6 Å². The Kier molecular flexibility index (Phi) is 6.37. The largest absolute Gasteiger partial charge is 0.493 e. The molecule has 2 N–H and O–H groups in total. The van der Waals surface area contributed by atoms with Crippen LogP contribution in [0.1, 0.15) is 26.8 Å². The summed E-state index contributed by atoms with van der Waals surface area (Å²) in [6.45, 7) is 3.25. The van der Waals surface area contributed by atoms with Gasteiger partial charge in [-0.1, -0.05) is 5.16 Å². The zero-order valence-corrected chi connectivity index (χ0v) is 18.7. The SMILES string of the molecule is COc1ccc(NC(=O)CN2CCc3nc(NC(=O)c4cc(C)on4)sc3C2)cc1OC. The standard InChI is InChI=1S/C21H23N5O5S/c1-12-8-15(25-31-12)20(28)24-21-23-14-6-7-26(10-18(14)32-21)11-19(27)22-13-4-5-16(29-2)17(9-13)30-3/h4-5,8-9H,6-7,10-11H2,1-3H3,(H,22,27)(H,23,24,28). The summed E-state index contributed by atoms with van der Waals surface area (Å²) in [7, 11) is 3.11. The minimum atomic E-state index is -0.362. The van der Waals surface area contributed by atoms with Gasteiger partial charge in [0.05, 0.1) is 26.5 Å². The zero-order valence-electron chi connectivity index (χ0n) is 17.9. The number of hydrogen-bond donors (Lipinski definition) is 2. The van der Waals surface area contributed by atoms with Crippen LogP contribution in [0.25, 0.3) is 0 Å². The maximum Gasteiger partial charge on any atom is 0.279 e. The van der Waals surface area contributed by atoms with Crippen molar-refractivity contribution in [3.63, 3.8) is 0 Å². The Morgan fingerprint density at radius 2 is 2.00 bits per heavy atom. The molecule has 11 heteroatoms. The van der Waals surface area contributed by atoms with E-state index in [1.807, 2.05) is 4.90 Å². The van der Waals surface area contributed by atoms with Gasteiger partial charge in [-0.15, -0.1) is 11.3 Å². The van der Waals surface area contributed by atoms with E-state index in [2.05, 4.69) is 20.8 Å². The van der Waals surface area contributed by atoms with Gasteiger partial charge in [0, 0.05) is 42.2 Å². The van der Waals surface area contributed by atoms with Crippen molar-refractivity contribution >= 4 is 34.0 Å². The van der Waals surface area contributed by atoms with E-state index in [0.29, 0.717) is 47.6 Å². The summed E-state index contributed by atoms with van der Waals surface area (Å²) in [6.07, 6.45) is 0.703. The number of nitrogens with zero attached hydrogens (tertiary/aromatic N) is 3. The van der Waals surface area contributed by atoms with Crippen LogP contribution in [0.3, 0.4) is 0 Å². The molecule has 0 radical (unpaired) electrons. The normalized spacial score (nSPS) is 13.3. The van der Waals surface area contributed by atoms with E-state index in [1.165, 1.54) is 11.3 Å². The number of anilines is 2. The number of carbonyl (C=O) groups is 2. The summed E-state index contributed by atoms with van der Waals surface area (Å²) in [5, 5.41) is 9.88. The number of aromatic nitrogens is 2. The van der Waals surface area contributed by atoms with Gasteiger partial charge in [-0.05, 0) is 19.1 Å². The first-order chi connectivity index (χ1) is 15.4. The second-order valence-electron chi connectivity index (χ2n) is 7.24. The van der Waals surface area contributed by atoms with Crippen LogP contribution in [0.2, 0.25) is 0 Å². The van der Waals surface area contributed by atoms with Crippen molar-refractivity contribution in [1.29, 1.82) is 0 Å². The average Bonchev–Trinajstić information content (AvgIpc) is 3.38. The Morgan fingerprint density at radius 3 is 2.72 bits per heavy atom. The summed E-state index contributed by atoms with van der Waals surface area (Å²) in [5.41, 5.74) is 1.79. The highest BCUT2D eigenvalue weighted by atomic mass is 32.1. The summed E-state index contributed by atoms with van der Waals surface area (Å²) in [5.74, 6) is 1.23. The highest BCUT2D eigenvalue weighted by Gasteiger charge is 2.23. The predicted molar refractivity (Wildman–Crippen MR) is 118 cm³/mol. The van der Waals surface area contributed by atoms with Gasteiger partial charge >= 0.3 is 0 Å². The molecule has 1 aromatic carbocycles. The van der Waals surface area contributed by atoms with Gasteiger partial charge in [0.25, 0.3) is 5.91 Å². The molecule has 0 saturated carbocycles. The molecule has 0 bridgehead atoms. The van der Waals surface area contributed by atoms with Crippen molar-refractivity contribution in [3.05, 3.63) is 46.3 Å². The molecule has 0 atom stereocenters. The first-order valence-corrected chi connectivity index (χ1v) is 10.7. The van der Waals surface area contributed by atoms with Gasteiger partial charge in [0.1, 0.15) is 5.76 Å². The Morgan fingerprint density at radius 1 is 1.19 bits per heavy atom. The van der Waals surface area contributed by atoms with E-state index in [1.54, 1.807) is 45.4 Å². The van der Waals surface area contributed by atoms with E-state index >= 15 is 0 Å². The fourth-order valence-corrected chi connectivity index (χ4v) is 4.43. The molecular weight excluding hydrogens is 434 g/mol. The molecule has 0 spiro atoms. The van der Waals surface area contributed by atoms with Crippen LogP contribution in [0.5, 0.6) is 11.5 Å². The molecule has 1 aliphatic rings. The van der Waals surface area contributed by atoms with Crippen LogP contribution in [0.4, 0.5) is 10.8 Å². The number of fused-ring (bicyclic) bond motifs is 1. The molecule has 2 aromatic heterocycles. The molecule has 10 nitrogen and oxygen atoms in total. The molecule has 4 rings (SSSR count). The molecule has 2 amide bonds. The Balaban J connectivity index is 1.34. The zero-order chi connectivity index (χ0) is 22.7. The lowest BCUT2D eigenvalue weighted by atomic mass is 10.2. The number of amides is 2. The number of aryl methyl sites for hydroxylation is 1. The van der Waals surface area contributed by atoms with Crippen molar-refractivity contribution in [2.45, 2.75) is 19.9 Å². The highest BCUT2D eigenvalue weighted by Crippen LogP contribution is 2.30. The summed E-state index contributed by atoms with van der Waals surface area (Å²) in [4.78, 5) is 32.4. The van der Waals surface area contributed by atoms with Gasteiger partial charge in [-0.3, -0.25) is 19.8 Å². The van der Waals surface area contributed by atoms with Crippen molar-refractivity contribution in [1.82, 2.24) is 15.0 Å². The van der Waals surface area contributed by atoms with Crippen LogP contribution in [-0.4, -0.2) is 54.2 Å². The second-order valence-corrected chi connectivity index (χ2v) is 8.33. The number of nitrogens with one attached hydrogen (secondary N) is 2. The number of ether oxygens (including phenoxy) is 2. The monoisotopic (exact) mass is 457 g/mol. The van der Waals surface area contributed by atoms with Crippen LogP contribution < -0.4 is 20.1 Å². The third-order valence-electron chi connectivity index (χ3n) is 4.93. The number of methoxy groups -OCH3 is 2. The van der Waals surface area contributed by atoms with E-state index in [-0.39, 0.29) is 24.1 Å². The average molecular weight is 458 g/mol.